The van der Waals surface area contributed by atoms with Crippen molar-refractivity contribution in [2.24, 2.45) is 5.84 Å². The largest absolute Gasteiger partial charge is 0.300 e. The van der Waals surface area contributed by atoms with E-state index in [0.29, 0.717) is 11.7 Å². The molecule has 1 saturated heterocycles. The van der Waals surface area contributed by atoms with Gasteiger partial charge in [0.15, 0.2) is 5.13 Å². The first-order valence-electron chi connectivity index (χ1n) is 4.63. The van der Waals surface area contributed by atoms with Crippen molar-refractivity contribution < 1.29 is 9.59 Å². The summed E-state index contributed by atoms with van der Waals surface area (Å²) in [5.41, 5.74) is 2.44. The van der Waals surface area contributed by atoms with Crippen LogP contribution in [0.1, 0.15) is 4.88 Å². The van der Waals surface area contributed by atoms with Crippen molar-refractivity contribution in [1.29, 1.82) is 0 Å². The average Bonchev–Trinajstić information content (AvgIpc) is 2.64. The van der Waals surface area contributed by atoms with E-state index < -0.39 is 0 Å². The summed E-state index contributed by atoms with van der Waals surface area (Å²) in [4.78, 5) is 29.0. The summed E-state index contributed by atoms with van der Waals surface area (Å²) in [6.45, 7) is 0.989. The quantitative estimate of drug-likeness (QED) is 0.352. The number of anilines is 1. The summed E-state index contributed by atoms with van der Waals surface area (Å²) < 4.78 is 0. The average molecular weight is 241 g/mol. The van der Waals surface area contributed by atoms with Crippen molar-refractivity contribution in [3.63, 3.8) is 0 Å². The number of nitrogens with zero attached hydrogens (tertiary/aromatic N) is 2. The molecular formula is C8H11N5O2S. The number of aromatic nitrogens is 1. The summed E-state index contributed by atoms with van der Waals surface area (Å²) in [5, 5.41) is 2.86. The van der Waals surface area contributed by atoms with Gasteiger partial charge in [0.1, 0.15) is 0 Å². The van der Waals surface area contributed by atoms with E-state index in [2.05, 4.69) is 15.7 Å². The maximum absolute atomic E-state index is 11.1. The molecule has 2 heterocycles. The minimum atomic E-state index is -0.266. The zero-order valence-electron chi connectivity index (χ0n) is 8.40. The van der Waals surface area contributed by atoms with E-state index in [9.17, 15) is 9.59 Å². The molecule has 0 aromatic carbocycles. The molecule has 4 N–H and O–H groups in total. The first-order valence-corrected chi connectivity index (χ1v) is 5.45. The van der Waals surface area contributed by atoms with Crippen LogP contribution in [0, 0.1) is 0 Å². The first kappa shape index (κ1) is 11.0. The highest BCUT2D eigenvalue weighted by atomic mass is 32.1. The molecule has 1 aromatic heterocycles. The second kappa shape index (κ2) is 4.56. The molecule has 2 amide bonds. The van der Waals surface area contributed by atoms with Gasteiger partial charge in [-0.05, 0) is 0 Å². The Kier molecular flexibility index (Phi) is 3.13. The van der Waals surface area contributed by atoms with Crippen LogP contribution in [0.3, 0.4) is 0 Å². The van der Waals surface area contributed by atoms with Crippen LogP contribution >= 0.6 is 11.3 Å². The van der Waals surface area contributed by atoms with Gasteiger partial charge in [0.25, 0.3) is 0 Å². The normalized spacial score (nSPS) is 17.3. The van der Waals surface area contributed by atoms with Crippen molar-refractivity contribution >= 4 is 28.3 Å². The number of carbonyl (C=O) groups excluding carboxylic acids is 2. The Labute approximate surface area is 95.6 Å². The van der Waals surface area contributed by atoms with Crippen molar-refractivity contribution in [3.8, 4) is 0 Å². The van der Waals surface area contributed by atoms with Gasteiger partial charge in [-0.25, -0.2) is 10.8 Å². The van der Waals surface area contributed by atoms with Gasteiger partial charge in [-0.15, -0.1) is 0 Å². The molecule has 0 spiro atoms. The standard InChI is InChI=1S/C8H11N5O2S/c9-12-8-10-1-5(16-8)2-13-3-6(14)11-7(15)4-13/h1H,2-4,9H2,(H,10,12)(H,11,14,15). The van der Waals surface area contributed by atoms with E-state index in [1.54, 1.807) is 11.1 Å². The first-order chi connectivity index (χ1) is 7.67. The van der Waals surface area contributed by atoms with Crippen LogP contribution < -0.4 is 16.6 Å². The zero-order chi connectivity index (χ0) is 11.5. The van der Waals surface area contributed by atoms with E-state index in [1.807, 2.05) is 0 Å². The van der Waals surface area contributed by atoms with Crippen molar-refractivity contribution in [2.45, 2.75) is 6.54 Å². The number of nitrogens with one attached hydrogen (secondary N) is 2. The van der Waals surface area contributed by atoms with Crippen molar-refractivity contribution in [2.75, 3.05) is 18.5 Å². The maximum Gasteiger partial charge on any atom is 0.240 e. The molecule has 16 heavy (non-hydrogen) atoms. The lowest BCUT2D eigenvalue weighted by Crippen LogP contribution is -2.50. The van der Waals surface area contributed by atoms with Crippen LogP contribution in [0.5, 0.6) is 0 Å². The smallest absolute Gasteiger partial charge is 0.240 e. The summed E-state index contributed by atoms with van der Waals surface area (Å²) in [5.74, 6) is 4.67. The molecule has 1 aromatic rings. The molecule has 86 valence electrons. The number of thiazole rings is 1. The lowest BCUT2D eigenvalue weighted by atomic mass is 10.3. The Balaban J connectivity index is 1.98. The molecule has 0 saturated carbocycles. The summed E-state index contributed by atoms with van der Waals surface area (Å²) in [7, 11) is 0. The van der Waals surface area contributed by atoms with Gasteiger partial charge in [-0.1, -0.05) is 11.3 Å². The van der Waals surface area contributed by atoms with Crippen LogP contribution in [-0.4, -0.2) is 34.8 Å². The van der Waals surface area contributed by atoms with E-state index in [4.69, 9.17) is 5.84 Å². The maximum atomic E-state index is 11.1. The van der Waals surface area contributed by atoms with E-state index in [-0.39, 0.29) is 24.9 Å². The van der Waals surface area contributed by atoms with Crippen LogP contribution in [0.2, 0.25) is 0 Å². The third kappa shape index (κ3) is 2.54. The predicted molar refractivity (Wildman–Crippen MR) is 58.4 cm³/mol. The lowest BCUT2D eigenvalue weighted by Gasteiger charge is -2.24. The molecule has 1 aliphatic rings. The molecule has 7 nitrogen and oxygen atoms in total. The molecule has 0 atom stereocenters. The number of hydrogen-bond acceptors (Lipinski definition) is 7. The number of hydrogen-bond donors (Lipinski definition) is 3. The second-order valence-electron chi connectivity index (χ2n) is 3.39. The number of amides is 2. The fourth-order valence-electron chi connectivity index (χ4n) is 1.48. The van der Waals surface area contributed by atoms with Gasteiger partial charge in [0.2, 0.25) is 11.8 Å². The number of carbonyl (C=O) groups is 2. The Hall–Kier alpha value is -1.51. The van der Waals surface area contributed by atoms with Crippen LogP contribution in [-0.2, 0) is 16.1 Å². The topological polar surface area (TPSA) is 100 Å². The minimum absolute atomic E-state index is 0.231. The molecule has 0 bridgehead atoms. The van der Waals surface area contributed by atoms with Gasteiger partial charge >= 0.3 is 0 Å². The van der Waals surface area contributed by atoms with Gasteiger partial charge in [0, 0.05) is 17.6 Å². The molecule has 0 radical (unpaired) electrons. The van der Waals surface area contributed by atoms with Crippen LogP contribution in [0.15, 0.2) is 6.20 Å². The van der Waals surface area contributed by atoms with Gasteiger partial charge in [-0.3, -0.25) is 25.2 Å². The highest BCUT2D eigenvalue weighted by Crippen LogP contribution is 2.18. The number of rotatable bonds is 3. The number of imide groups is 1. The zero-order valence-corrected chi connectivity index (χ0v) is 9.21. The Morgan fingerprint density at radius 1 is 1.50 bits per heavy atom. The van der Waals surface area contributed by atoms with Gasteiger partial charge in [0.05, 0.1) is 13.1 Å². The predicted octanol–water partition coefficient (Wildman–Crippen LogP) is -1.11. The van der Waals surface area contributed by atoms with Crippen molar-refractivity contribution in [1.82, 2.24) is 15.2 Å². The van der Waals surface area contributed by atoms with Gasteiger partial charge in [-0.2, -0.15) is 0 Å². The fraction of sp³-hybridized carbons (Fsp3) is 0.375. The molecule has 2 rings (SSSR count). The Morgan fingerprint density at radius 2 is 2.19 bits per heavy atom. The number of nitrogens with two attached hydrogens (primary N) is 1. The van der Waals surface area contributed by atoms with E-state index >= 15 is 0 Å². The molecule has 8 heteroatoms. The third-order valence-electron chi connectivity index (χ3n) is 2.07. The summed E-state index contributed by atoms with van der Waals surface area (Å²) in [6, 6.07) is 0. The van der Waals surface area contributed by atoms with Crippen LogP contribution in [0.4, 0.5) is 5.13 Å². The highest BCUT2D eigenvalue weighted by Gasteiger charge is 2.22. The Bertz CT molecular complexity index is 402. The molecule has 0 unspecified atom stereocenters. The van der Waals surface area contributed by atoms with Gasteiger partial charge < -0.3 is 0 Å². The fourth-order valence-corrected chi connectivity index (χ4v) is 2.24. The highest BCUT2D eigenvalue weighted by molar-refractivity contribution is 7.15. The monoisotopic (exact) mass is 241 g/mol. The number of hydrazine groups is 1. The molecule has 1 fully saturated rings. The third-order valence-corrected chi connectivity index (χ3v) is 2.98. The van der Waals surface area contributed by atoms with E-state index in [0.717, 1.165) is 4.88 Å². The second-order valence-corrected chi connectivity index (χ2v) is 4.51. The minimum Gasteiger partial charge on any atom is -0.300 e. The SMILES string of the molecule is NNc1ncc(CN2CC(=O)NC(=O)C2)s1. The number of piperazine rings is 1. The summed E-state index contributed by atoms with van der Waals surface area (Å²) in [6.07, 6.45) is 1.68. The summed E-state index contributed by atoms with van der Waals surface area (Å²) >= 11 is 1.40. The van der Waals surface area contributed by atoms with Crippen LogP contribution in [0.25, 0.3) is 0 Å². The van der Waals surface area contributed by atoms with Crippen molar-refractivity contribution in [3.05, 3.63) is 11.1 Å². The molecular weight excluding hydrogens is 230 g/mol. The number of nitrogen functional groups attached to an aromatic ring is 1. The molecule has 1 aliphatic heterocycles. The Morgan fingerprint density at radius 3 is 2.75 bits per heavy atom. The molecule has 0 aliphatic carbocycles. The van der Waals surface area contributed by atoms with E-state index in [1.165, 1.54) is 11.3 Å². The lowest BCUT2D eigenvalue weighted by molar-refractivity contribution is -0.136.